The second-order valence-electron chi connectivity index (χ2n) is 7.52. The summed E-state index contributed by atoms with van der Waals surface area (Å²) < 4.78 is 14.0. The van der Waals surface area contributed by atoms with E-state index in [1.165, 1.54) is 17.8 Å². The van der Waals surface area contributed by atoms with Crippen molar-refractivity contribution in [3.05, 3.63) is 95.3 Å². The molecule has 0 spiro atoms. The number of aryl methyl sites for hydroxylation is 2. The molecule has 1 N–H and O–H groups in total. The first kappa shape index (κ1) is 21.1. The fourth-order valence-electron chi connectivity index (χ4n) is 3.54. The third kappa shape index (κ3) is 4.97. The molecule has 1 fully saturated rings. The van der Waals surface area contributed by atoms with Crippen LogP contribution in [0.5, 0.6) is 0 Å². The Kier molecular flexibility index (Phi) is 6.37. The number of benzene rings is 3. The van der Waals surface area contributed by atoms with Crippen LogP contribution in [0.3, 0.4) is 0 Å². The van der Waals surface area contributed by atoms with Gasteiger partial charge in [-0.2, -0.15) is 0 Å². The van der Waals surface area contributed by atoms with Gasteiger partial charge in [-0.25, -0.2) is 4.39 Å². The maximum atomic E-state index is 14.0. The van der Waals surface area contributed by atoms with Crippen molar-refractivity contribution in [3.8, 4) is 0 Å². The monoisotopic (exact) mass is 434 g/mol. The second-order valence-corrected chi connectivity index (χ2v) is 8.58. The molecule has 2 amide bonds. The van der Waals surface area contributed by atoms with Crippen LogP contribution in [0.15, 0.2) is 72.8 Å². The zero-order chi connectivity index (χ0) is 21.8. The van der Waals surface area contributed by atoms with Gasteiger partial charge in [0, 0.05) is 17.8 Å². The lowest BCUT2D eigenvalue weighted by molar-refractivity contribution is -0.116. The number of carbonyl (C=O) groups excluding carboxylic acids is 2. The standard InChI is InChI=1S/C25H23FN2O2S/c1-17-7-13-21(15-22(17)26)28-24(30)16-31-25(28)19-9-11-20(12-10-19)27-23(29)14-8-18-5-3-2-4-6-18/h2-7,9-13,15,25H,8,14,16H2,1H3,(H,27,29)/t25-/m1/s1. The van der Waals surface area contributed by atoms with Crippen molar-refractivity contribution < 1.29 is 14.0 Å². The Morgan fingerprint density at radius 1 is 1.10 bits per heavy atom. The van der Waals surface area contributed by atoms with Gasteiger partial charge in [0.15, 0.2) is 0 Å². The lowest BCUT2D eigenvalue weighted by Gasteiger charge is -2.25. The largest absolute Gasteiger partial charge is 0.326 e. The Hall–Kier alpha value is -3.12. The number of thioether (sulfide) groups is 1. The van der Waals surface area contributed by atoms with E-state index in [0.29, 0.717) is 35.5 Å². The third-order valence-electron chi connectivity index (χ3n) is 5.26. The number of carbonyl (C=O) groups is 2. The molecular formula is C25H23FN2O2S. The number of nitrogens with one attached hydrogen (secondary N) is 1. The van der Waals surface area contributed by atoms with E-state index in [0.717, 1.165) is 11.1 Å². The predicted octanol–water partition coefficient (Wildman–Crippen LogP) is 5.48. The molecule has 1 aliphatic rings. The highest BCUT2D eigenvalue weighted by atomic mass is 32.2. The molecule has 31 heavy (non-hydrogen) atoms. The summed E-state index contributed by atoms with van der Waals surface area (Å²) in [6, 6.07) is 22.3. The molecule has 6 heteroatoms. The zero-order valence-corrected chi connectivity index (χ0v) is 18.0. The lowest BCUT2D eigenvalue weighted by Crippen LogP contribution is -2.28. The Balaban J connectivity index is 1.42. The normalized spacial score (nSPS) is 15.9. The number of amides is 2. The van der Waals surface area contributed by atoms with Gasteiger partial charge < -0.3 is 5.32 Å². The summed E-state index contributed by atoms with van der Waals surface area (Å²) in [5.41, 5.74) is 3.88. The summed E-state index contributed by atoms with van der Waals surface area (Å²) >= 11 is 1.51. The molecule has 1 atom stereocenters. The van der Waals surface area contributed by atoms with Gasteiger partial charge in [0.1, 0.15) is 11.2 Å². The molecule has 0 aromatic heterocycles. The zero-order valence-electron chi connectivity index (χ0n) is 17.2. The van der Waals surface area contributed by atoms with Crippen LogP contribution >= 0.6 is 11.8 Å². The molecule has 3 aromatic carbocycles. The number of nitrogens with zero attached hydrogens (tertiary/aromatic N) is 1. The van der Waals surface area contributed by atoms with E-state index in [2.05, 4.69) is 5.32 Å². The van der Waals surface area contributed by atoms with Crippen LogP contribution < -0.4 is 10.2 Å². The van der Waals surface area contributed by atoms with Crippen molar-refractivity contribution in [2.24, 2.45) is 0 Å². The molecule has 0 unspecified atom stereocenters. The molecule has 0 radical (unpaired) electrons. The van der Waals surface area contributed by atoms with Crippen LogP contribution in [0.4, 0.5) is 15.8 Å². The molecule has 4 rings (SSSR count). The van der Waals surface area contributed by atoms with Crippen molar-refractivity contribution >= 4 is 35.0 Å². The molecular weight excluding hydrogens is 411 g/mol. The molecule has 4 nitrogen and oxygen atoms in total. The second kappa shape index (κ2) is 9.35. The number of hydrogen-bond acceptors (Lipinski definition) is 3. The molecule has 1 saturated heterocycles. The molecule has 1 aliphatic heterocycles. The van der Waals surface area contributed by atoms with Gasteiger partial charge >= 0.3 is 0 Å². The number of hydrogen-bond donors (Lipinski definition) is 1. The molecule has 158 valence electrons. The van der Waals surface area contributed by atoms with E-state index in [1.54, 1.807) is 24.0 Å². The number of halogens is 1. The van der Waals surface area contributed by atoms with E-state index < -0.39 is 0 Å². The van der Waals surface area contributed by atoms with Crippen LogP contribution in [0.25, 0.3) is 0 Å². The maximum Gasteiger partial charge on any atom is 0.238 e. The maximum absolute atomic E-state index is 14.0. The Bertz CT molecular complexity index is 1090. The minimum atomic E-state index is -0.325. The van der Waals surface area contributed by atoms with Crippen molar-refractivity contribution in [2.75, 3.05) is 16.0 Å². The SMILES string of the molecule is Cc1ccc(N2C(=O)CS[C@@H]2c2ccc(NC(=O)CCc3ccccc3)cc2)cc1F. The van der Waals surface area contributed by atoms with E-state index in [9.17, 15) is 14.0 Å². The summed E-state index contributed by atoms with van der Waals surface area (Å²) in [5.74, 6) is -0.0668. The summed E-state index contributed by atoms with van der Waals surface area (Å²) in [6.07, 6.45) is 1.10. The predicted molar refractivity (Wildman–Crippen MR) is 124 cm³/mol. The van der Waals surface area contributed by atoms with Crippen molar-refractivity contribution in [3.63, 3.8) is 0 Å². The van der Waals surface area contributed by atoms with Crippen molar-refractivity contribution in [2.45, 2.75) is 25.1 Å². The van der Waals surface area contributed by atoms with Gasteiger partial charge in [0.2, 0.25) is 11.8 Å². The van der Waals surface area contributed by atoms with Gasteiger partial charge in [-0.05, 0) is 54.3 Å². The highest BCUT2D eigenvalue weighted by Gasteiger charge is 2.34. The summed E-state index contributed by atoms with van der Waals surface area (Å²) in [7, 11) is 0. The number of rotatable bonds is 6. The van der Waals surface area contributed by atoms with E-state index in [-0.39, 0.29) is 23.0 Å². The van der Waals surface area contributed by atoms with Crippen LogP contribution in [0.2, 0.25) is 0 Å². The Morgan fingerprint density at radius 3 is 2.55 bits per heavy atom. The summed E-state index contributed by atoms with van der Waals surface area (Å²) in [4.78, 5) is 26.4. The van der Waals surface area contributed by atoms with E-state index >= 15 is 0 Å². The summed E-state index contributed by atoms with van der Waals surface area (Å²) in [6.45, 7) is 1.70. The minimum absolute atomic E-state index is 0.0428. The number of anilines is 2. The first-order valence-electron chi connectivity index (χ1n) is 10.1. The Morgan fingerprint density at radius 2 is 1.84 bits per heavy atom. The highest BCUT2D eigenvalue weighted by Crippen LogP contribution is 2.42. The third-order valence-corrected chi connectivity index (χ3v) is 6.48. The first-order chi connectivity index (χ1) is 15.0. The van der Waals surface area contributed by atoms with Crippen LogP contribution in [0, 0.1) is 12.7 Å². The lowest BCUT2D eigenvalue weighted by atomic mass is 10.1. The van der Waals surface area contributed by atoms with Gasteiger partial charge in [-0.15, -0.1) is 11.8 Å². The van der Waals surface area contributed by atoms with Crippen molar-refractivity contribution in [1.29, 1.82) is 0 Å². The molecule has 3 aromatic rings. The fraction of sp³-hybridized carbons (Fsp3) is 0.200. The van der Waals surface area contributed by atoms with E-state index in [1.807, 2.05) is 54.6 Å². The topological polar surface area (TPSA) is 49.4 Å². The van der Waals surface area contributed by atoms with Crippen LogP contribution in [-0.4, -0.2) is 17.6 Å². The average Bonchev–Trinajstić information content (AvgIpc) is 3.17. The quantitative estimate of drug-likeness (QED) is 0.559. The van der Waals surface area contributed by atoms with E-state index in [4.69, 9.17) is 0 Å². The van der Waals surface area contributed by atoms with Gasteiger partial charge in [-0.3, -0.25) is 14.5 Å². The summed E-state index contributed by atoms with van der Waals surface area (Å²) in [5, 5.41) is 2.69. The smallest absolute Gasteiger partial charge is 0.238 e. The molecule has 0 aliphatic carbocycles. The van der Waals surface area contributed by atoms with Crippen LogP contribution in [-0.2, 0) is 16.0 Å². The molecule has 1 heterocycles. The minimum Gasteiger partial charge on any atom is -0.326 e. The van der Waals surface area contributed by atoms with Gasteiger partial charge in [-0.1, -0.05) is 48.5 Å². The molecule has 0 bridgehead atoms. The van der Waals surface area contributed by atoms with Gasteiger partial charge in [0.05, 0.1) is 5.75 Å². The van der Waals surface area contributed by atoms with Gasteiger partial charge in [0.25, 0.3) is 0 Å². The highest BCUT2D eigenvalue weighted by molar-refractivity contribution is 8.00. The van der Waals surface area contributed by atoms with Crippen molar-refractivity contribution in [1.82, 2.24) is 0 Å². The first-order valence-corrected chi connectivity index (χ1v) is 11.2. The Labute approximate surface area is 185 Å². The average molecular weight is 435 g/mol. The fourth-order valence-corrected chi connectivity index (χ4v) is 4.72. The molecule has 0 saturated carbocycles. The van der Waals surface area contributed by atoms with Crippen LogP contribution in [0.1, 0.15) is 28.5 Å².